The largest absolute Gasteiger partial charge is 0.493 e. The molecule has 0 saturated carbocycles. The first kappa shape index (κ1) is 18.7. The minimum absolute atomic E-state index is 0.200. The molecule has 140 valence electrons. The van der Waals surface area contributed by atoms with Crippen molar-refractivity contribution in [1.82, 2.24) is 4.90 Å². The highest BCUT2D eigenvalue weighted by Crippen LogP contribution is 2.39. The molecule has 4 heteroatoms. The smallest absolute Gasteiger partial charge is 0.217 e. The molecule has 1 aliphatic rings. The van der Waals surface area contributed by atoms with Gasteiger partial charge in [0, 0.05) is 11.8 Å². The van der Waals surface area contributed by atoms with E-state index < -0.39 is 0 Å². The van der Waals surface area contributed by atoms with Gasteiger partial charge in [-0.25, -0.2) is 0 Å². The first-order chi connectivity index (χ1) is 12.7. The highest BCUT2D eigenvalue weighted by Gasteiger charge is 2.24. The number of carbonyl (C=O) groups is 1. The van der Waals surface area contributed by atoms with Crippen LogP contribution in [0.5, 0.6) is 5.75 Å². The zero-order valence-electron chi connectivity index (χ0n) is 15.7. The van der Waals surface area contributed by atoms with Crippen LogP contribution < -0.4 is 10.5 Å². The summed E-state index contributed by atoms with van der Waals surface area (Å²) in [6, 6.07) is 13.0. The van der Waals surface area contributed by atoms with E-state index in [1.165, 1.54) is 16.3 Å². The van der Waals surface area contributed by atoms with E-state index in [0.717, 1.165) is 57.7 Å². The fraction of sp³-hybridized carbons (Fsp3) is 0.500. The van der Waals surface area contributed by atoms with Crippen LogP contribution in [0.3, 0.4) is 0 Å². The Bertz CT molecular complexity index is 736. The molecule has 2 aromatic carbocycles. The number of fused-ring (bicyclic) bond motifs is 1. The number of ether oxygens (including phenoxy) is 1. The van der Waals surface area contributed by atoms with Gasteiger partial charge in [0.05, 0.1) is 6.61 Å². The molecule has 1 heterocycles. The molecule has 1 aliphatic heterocycles. The Balaban J connectivity index is 1.71. The molecule has 0 aliphatic carbocycles. The van der Waals surface area contributed by atoms with Crippen molar-refractivity contribution in [2.45, 2.75) is 44.9 Å². The lowest BCUT2D eigenvalue weighted by Crippen LogP contribution is -2.34. The van der Waals surface area contributed by atoms with Gasteiger partial charge < -0.3 is 15.4 Å². The van der Waals surface area contributed by atoms with Crippen LogP contribution in [0.25, 0.3) is 10.8 Å². The van der Waals surface area contributed by atoms with Crippen LogP contribution in [-0.2, 0) is 4.79 Å². The SMILES string of the molecule is CCCOc1c(C2CCN(CCCC(N)=O)CC2)ccc2ccccc12. The number of nitrogens with two attached hydrogens (primary N) is 1. The maximum absolute atomic E-state index is 10.9. The van der Waals surface area contributed by atoms with Gasteiger partial charge in [0.1, 0.15) is 5.75 Å². The second-order valence-electron chi connectivity index (χ2n) is 7.24. The van der Waals surface area contributed by atoms with Crippen LogP contribution in [0.2, 0.25) is 0 Å². The van der Waals surface area contributed by atoms with Crippen LogP contribution in [0.15, 0.2) is 36.4 Å². The van der Waals surface area contributed by atoms with Crippen LogP contribution in [0, 0.1) is 0 Å². The summed E-state index contributed by atoms with van der Waals surface area (Å²) in [5, 5.41) is 2.47. The number of piperidine rings is 1. The van der Waals surface area contributed by atoms with Crippen LogP contribution >= 0.6 is 0 Å². The summed E-state index contributed by atoms with van der Waals surface area (Å²) < 4.78 is 6.21. The van der Waals surface area contributed by atoms with Crippen molar-refractivity contribution in [3.05, 3.63) is 42.0 Å². The molecule has 0 atom stereocenters. The minimum Gasteiger partial charge on any atom is -0.493 e. The molecular formula is C22H30N2O2. The monoisotopic (exact) mass is 354 g/mol. The molecule has 1 amide bonds. The van der Waals surface area contributed by atoms with Gasteiger partial charge in [0.25, 0.3) is 0 Å². The summed E-state index contributed by atoms with van der Waals surface area (Å²) >= 11 is 0. The highest BCUT2D eigenvalue weighted by atomic mass is 16.5. The number of hydrogen-bond donors (Lipinski definition) is 1. The van der Waals surface area contributed by atoms with E-state index >= 15 is 0 Å². The fourth-order valence-electron chi connectivity index (χ4n) is 3.89. The summed E-state index contributed by atoms with van der Waals surface area (Å²) in [5.74, 6) is 1.42. The normalized spacial score (nSPS) is 16.0. The first-order valence-corrected chi connectivity index (χ1v) is 9.84. The highest BCUT2D eigenvalue weighted by molar-refractivity contribution is 5.89. The standard InChI is InChI=1S/C22H30N2O2/c1-2-16-26-22-19-7-4-3-6-17(19)9-10-20(22)18-11-14-24(15-12-18)13-5-8-21(23)25/h3-4,6-7,9-10,18H,2,5,8,11-16H2,1H3,(H2,23,25). The lowest BCUT2D eigenvalue weighted by atomic mass is 9.87. The van der Waals surface area contributed by atoms with Crippen molar-refractivity contribution in [3.8, 4) is 5.75 Å². The summed E-state index contributed by atoms with van der Waals surface area (Å²) in [6.07, 6.45) is 4.64. The zero-order chi connectivity index (χ0) is 18.4. The first-order valence-electron chi connectivity index (χ1n) is 9.84. The summed E-state index contributed by atoms with van der Waals surface area (Å²) in [4.78, 5) is 13.4. The van der Waals surface area contributed by atoms with E-state index in [1.54, 1.807) is 0 Å². The molecule has 1 saturated heterocycles. The van der Waals surface area contributed by atoms with Gasteiger partial charge >= 0.3 is 0 Å². The average Bonchev–Trinajstić information content (AvgIpc) is 2.66. The molecular weight excluding hydrogens is 324 g/mol. The van der Waals surface area contributed by atoms with Gasteiger partial charge in [-0.2, -0.15) is 0 Å². The molecule has 0 spiro atoms. The number of hydrogen-bond acceptors (Lipinski definition) is 3. The Hall–Kier alpha value is -2.07. The molecule has 0 radical (unpaired) electrons. The quantitative estimate of drug-likeness (QED) is 0.777. The van der Waals surface area contributed by atoms with E-state index in [-0.39, 0.29) is 5.91 Å². The number of primary amides is 1. The number of likely N-dealkylation sites (tertiary alicyclic amines) is 1. The Kier molecular flexibility index (Phi) is 6.51. The Morgan fingerprint density at radius 2 is 1.96 bits per heavy atom. The molecule has 3 rings (SSSR count). The number of nitrogens with zero attached hydrogens (tertiary/aromatic N) is 1. The van der Waals surface area contributed by atoms with E-state index in [2.05, 4.69) is 48.2 Å². The lowest BCUT2D eigenvalue weighted by Gasteiger charge is -2.33. The number of amides is 1. The van der Waals surface area contributed by atoms with E-state index in [1.807, 2.05) is 0 Å². The van der Waals surface area contributed by atoms with E-state index in [9.17, 15) is 4.79 Å². The molecule has 26 heavy (non-hydrogen) atoms. The van der Waals surface area contributed by atoms with Crippen molar-refractivity contribution in [2.75, 3.05) is 26.2 Å². The molecule has 4 nitrogen and oxygen atoms in total. The number of rotatable bonds is 8. The second-order valence-corrected chi connectivity index (χ2v) is 7.24. The van der Waals surface area contributed by atoms with Crippen molar-refractivity contribution in [2.24, 2.45) is 5.73 Å². The minimum atomic E-state index is -0.200. The zero-order valence-corrected chi connectivity index (χ0v) is 15.7. The fourth-order valence-corrected chi connectivity index (χ4v) is 3.89. The van der Waals surface area contributed by atoms with Crippen molar-refractivity contribution < 1.29 is 9.53 Å². The molecule has 0 unspecified atom stereocenters. The maximum atomic E-state index is 10.9. The van der Waals surface area contributed by atoms with Gasteiger partial charge in [0.2, 0.25) is 5.91 Å². The van der Waals surface area contributed by atoms with Crippen molar-refractivity contribution >= 4 is 16.7 Å². The third-order valence-corrected chi connectivity index (χ3v) is 5.29. The van der Waals surface area contributed by atoms with Crippen LogP contribution in [0.4, 0.5) is 0 Å². The molecule has 0 aromatic heterocycles. The van der Waals surface area contributed by atoms with Crippen molar-refractivity contribution in [1.29, 1.82) is 0 Å². The molecule has 0 bridgehead atoms. The lowest BCUT2D eigenvalue weighted by molar-refractivity contribution is -0.118. The second kappa shape index (κ2) is 9.04. The predicted molar refractivity (Wildman–Crippen MR) is 107 cm³/mol. The average molecular weight is 354 g/mol. The van der Waals surface area contributed by atoms with Crippen LogP contribution in [0.1, 0.15) is 50.5 Å². The van der Waals surface area contributed by atoms with Gasteiger partial charge in [-0.15, -0.1) is 0 Å². The van der Waals surface area contributed by atoms with Gasteiger partial charge in [-0.3, -0.25) is 4.79 Å². The maximum Gasteiger partial charge on any atom is 0.217 e. The van der Waals surface area contributed by atoms with Crippen molar-refractivity contribution in [3.63, 3.8) is 0 Å². The Morgan fingerprint density at radius 3 is 2.69 bits per heavy atom. The molecule has 1 fully saturated rings. The Morgan fingerprint density at radius 1 is 1.19 bits per heavy atom. The van der Waals surface area contributed by atoms with Gasteiger partial charge in [-0.05, 0) is 62.2 Å². The topological polar surface area (TPSA) is 55.6 Å². The number of carbonyl (C=O) groups excluding carboxylic acids is 1. The van der Waals surface area contributed by atoms with Crippen LogP contribution in [-0.4, -0.2) is 37.0 Å². The van der Waals surface area contributed by atoms with E-state index in [0.29, 0.717) is 12.3 Å². The summed E-state index contributed by atoms with van der Waals surface area (Å²) in [6.45, 7) is 6.02. The Labute approximate surface area is 156 Å². The van der Waals surface area contributed by atoms with Gasteiger partial charge in [0.15, 0.2) is 0 Å². The summed E-state index contributed by atoms with van der Waals surface area (Å²) in [7, 11) is 0. The third kappa shape index (κ3) is 4.55. The number of benzene rings is 2. The molecule has 2 N–H and O–H groups in total. The predicted octanol–water partition coefficient (Wildman–Crippen LogP) is 4.07. The van der Waals surface area contributed by atoms with Gasteiger partial charge in [-0.1, -0.05) is 43.3 Å². The summed E-state index contributed by atoms with van der Waals surface area (Å²) in [5.41, 5.74) is 6.59. The third-order valence-electron chi connectivity index (χ3n) is 5.29. The molecule has 2 aromatic rings. The van der Waals surface area contributed by atoms with E-state index in [4.69, 9.17) is 10.5 Å².